The summed E-state index contributed by atoms with van der Waals surface area (Å²) in [4.78, 5) is 12.9. The quantitative estimate of drug-likeness (QED) is 0.124. The van der Waals surface area contributed by atoms with E-state index in [2.05, 4.69) is 47.3 Å². The highest BCUT2D eigenvalue weighted by atomic mass is 16.5. The molecule has 0 unspecified atom stereocenters. The first kappa shape index (κ1) is 27.2. The lowest BCUT2D eigenvalue weighted by Gasteiger charge is -2.25. The van der Waals surface area contributed by atoms with E-state index in [0.717, 1.165) is 48.3 Å². The largest absolute Gasteiger partial charge is 0.493 e. The molecule has 0 spiro atoms. The molecular weight excluding hydrogens is 424 g/mol. The van der Waals surface area contributed by atoms with Crippen molar-refractivity contribution in [2.24, 2.45) is 0 Å². The highest BCUT2D eigenvalue weighted by Gasteiger charge is 2.23. The third kappa shape index (κ3) is 8.09. The average molecular weight is 465 g/mol. The summed E-state index contributed by atoms with van der Waals surface area (Å²) < 4.78 is 17.9. The minimum Gasteiger partial charge on any atom is -0.493 e. The minimum atomic E-state index is -0.114. The van der Waals surface area contributed by atoms with Gasteiger partial charge in [0.2, 0.25) is 0 Å². The summed E-state index contributed by atoms with van der Waals surface area (Å²) in [5, 5.41) is 0. The smallest absolute Gasteiger partial charge is 0.185 e. The number of carbonyl (C=O) groups is 1. The lowest BCUT2D eigenvalue weighted by molar-refractivity contribution is 0.104. The normalized spacial score (nSPS) is 11.4. The Morgan fingerprint density at radius 3 is 2.15 bits per heavy atom. The van der Waals surface area contributed by atoms with Gasteiger partial charge >= 0.3 is 0 Å². The molecule has 184 valence electrons. The van der Waals surface area contributed by atoms with Gasteiger partial charge < -0.3 is 14.2 Å². The van der Waals surface area contributed by atoms with Crippen molar-refractivity contribution in [2.45, 2.75) is 65.7 Å². The van der Waals surface area contributed by atoms with Crippen molar-refractivity contribution in [3.05, 3.63) is 71.8 Å². The van der Waals surface area contributed by atoms with Crippen LogP contribution in [0.15, 0.2) is 55.1 Å². The number of ketones is 1. The molecule has 0 aliphatic heterocycles. The van der Waals surface area contributed by atoms with Gasteiger partial charge in [-0.05, 0) is 60.7 Å². The molecule has 34 heavy (non-hydrogen) atoms. The van der Waals surface area contributed by atoms with E-state index in [-0.39, 0.29) is 11.2 Å². The van der Waals surface area contributed by atoms with Crippen LogP contribution in [0.4, 0.5) is 0 Å². The Morgan fingerprint density at radius 1 is 0.912 bits per heavy atom. The van der Waals surface area contributed by atoms with Gasteiger partial charge in [-0.25, -0.2) is 0 Å². The molecule has 2 rings (SSSR count). The maximum Gasteiger partial charge on any atom is 0.185 e. The van der Waals surface area contributed by atoms with Gasteiger partial charge in [0.1, 0.15) is 23.9 Å². The Bertz CT molecular complexity index is 949. The van der Waals surface area contributed by atoms with Gasteiger partial charge in [-0.2, -0.15) is 0 Å². The van der Waals surface area contributed by atoms with E-state index in [1.54, 1.807) is 36.4 Å². The van der Waals surface area contributed by atoms with E-state index >= 15 is 0 Å². The summed E-state index contributed by atoms with van der Waals surface area (Å²) in [5.74, 6) is 2.16. The topological polar surface area (TPSA) is 44.8 Å². The molecule has 0 atom stereocenters. The third-order valence-corrected chi connectivity index (χ3v) is 5.37. The van der Waals surface area contributed by atoms with Gasteiger partial charge in [0.25, 0.3) is 0 Å². The van der Waals surface area contributed by atoms with Crippen LogP contribution in [-0.2, 0) is 5.41 Å². The second-order valence-corrected chi connectivity index (χ2v) is 9.33. The van der Waals surface area contributed by atoms with Gasteiger partial charge in [-0.1, -0.05) is 66.2 Å². The highest BCUT2D eigenvalue weighted by molar-refractivity contribution is 6.07. The van der Waals surface area contributed by atoms with Gasteiger partial charge in [0.15, 0.2) is 5.78 Å². The molecule has 0 aromatic heterocycles. The van der Waals surface area contributed by atoms with E-state index in [9.17, 15) is 4.79 Å². The maximum atomic E-state index is 12.9. The fourth-order valence-corrected chi connectivity index (χ4v) is 3.38. The summed E-state index contributed by atoms with van der Waals surface area (Å²) in [6, 6.07) is 11.2. The third-order valence-electron chi connectivity index (χ3n) is 5.37. The number of ether oxygens (including phenoxy) is 3. The van der Waals surface area contributed by atoms with Crippen molar-refractivity contribution >= 4 is 11.9 Å². The van der Waals surface area contributed by atoms with E-state index in [4.69, 9.17) is 14.2 Å². The summed E-state index contributed by atoms with van der Waals surface area (Å²) in [5.41, 5.74) is 2.40. The zero-order valence-corrected chi connectivity index (χ0v) is 21.5. The number of carbonyl (C=O) groups excluding carboxylic acids is 1. The Morgan fingerprint density at radius 2 is 1.56 bits per heavy atom. The van der Waals surface area contributed by atoms with Crippen molar-refractivity contribution in [3.63, 3.8) is 0 Å². The molecule has 4 nitrogen and oxygen atoms in total. The SMILES string of the molecule is C=CCOc1ccc(C(=O)/C=C/c2c(OCCCC)ccc(C(C)(C)C)c2OCCCC)cc1. The number of hydrogen-bond donors (Lipinski definition) is 0. The molecule has 0 amide bonds. The second kappa shape index (κ2) is 13.6. The minimum absolute atomic E-state index is 0.0875. The maximum absolute atomic E-state index is 12.9. The van der Waals surface area contributed by atoms with Gasteiger partial charge in [0.05, 0.1) is 18.8 Å². The van der Waals surface area contributed by atoms with E-state index in [1.165, 1.54) is 0 Å². The Hall–Kier alpha value is -3.01. The number of allylic oxidation sites excluding steroid dienone is 1. The fourth-order valence-electron chi connectivity index (χ4n) is 3.38. The van der Waals surface area contributed by atoms with Crippen molar-refractivity contribution in [1.29, 1.82) is 0 Å². The first-order valence-corrected chi connectivity index (χ1v) is 12.3. The van der Waals surface area contributed by atoms with Crippen LogP contribution in [0.25, 0.3) is 6.08 Å². The number of unbranched alkanes of at least 4 members (excludes halogenated alkanes) is 2. The molecule has 0 bridgehead atoms. The van der Waals surface area contributed by atoms with Crippen molar-refractivity contribution in [3.8, 4) is 17.2 Å². The first-order chi connectivity index (χ1) is 16.3. The Kier molecular flexibility index (Phi) is 10.9. The standard InChI is InChI=1S/C30H40O4/c1-7-10-21-33-28-19-17-26(30(4,5)6)29(34-22-11-8-2)25(28)16-18-27(31)23-12-14-24(15-13-23)32-20-9-3/h9,12-19H,3,7-8,10-11,20-22H2,1-2,4-6H3/b18-16+. The highest BCUT2D eigenvalue weighted by Crippen LogP contribution is 2.40. The number of rotatable bonds is 14. The monoisotopic (exact) mass is 464 g/mol. The van der Waals surface area contributed by atoms with Crippen LogP contribution in [0.2, 0.25) is 0 Å². The van der Waals surface area contributed by atoms with Crippen LogP contribution >= 0.6 is 0 Å². The lowest BCUT2D eigenvalue weighted by Crippen LogP contribution is -2.15. The van der Waals surface area contributed by atoms with Gasteiger partial charge in [-0.3, -0.25) is 4.79 Å². The predicted octanol–water partition coefficient (Wildman–Crippen LogP) is 7.80. The lowest BCUT2D eigenvalue weighted by atomic mass is 9.84. The van der Waals surface area contributed by atoms with Gasteiger partial charge in [-0.15, -0.1) is 0 Å². The Balaban J connectivity index is 2.42. The summed E-state index contributed by atoms with van der Waals surface area (Å²) in [7, 11) is 0. The van der Waals surface area contributed by atoms with E-state index in [0.29, 0.717) is 31.1 Å². The number of hydrogen-bond acceptors (Lipinski definition) is 4. The molecule has 4 heteroatoms. The molecule has 0 aliphatic carbocycles. The van der Waals surface area contributed by atoms with Crippen LogP contribution in [0, 0.1) is 0 Å². The molecule has 2 aromatic carbocycles. The molecular formula is C30H40O4. The van der Waals surface area contributed by atoms with Crippen LogP contribution in [0.3, 0.4) is 0 Å². The van der Waals surface area contributed by atoms with Gasteiger partial charge in [0, 0.05) is 11.1 Å². The molecule has 0 aliphatic rings. The summed E-state index contributed by atoms with van der Waals surface area (Å²) in [6.45, 7) is 16.1. The molecule has 0 fully saturated rings. The zero-order chi connectivity index (χ0) is 25.0. The van der Waals surface area contributed by atoms with Crippen LogP contribution in [-0.4, -0.2) is 25.6 Å². The molecule has 0 saturated carbocycles. The van der Waals surface area contributed by atoms with Crippen LogP contribution in [0.5, 0.6) is 17.2 Å². The van der Waals surface area contributed by atoms with E-state index in [1.807, 2.05) is 12.1 Å². The molecule has 2 aromatic rings. The van der Waals surface area contributed by atoms with Crippen LogP contribution < -0.4 is 14.2 Å². The summed E-state index contributed by atoms with van der Waals surface area (Å²) in [6.07, 6.45) is 9.16. The van der Waals surface area contributed by atoms with Crippen molar-refractivity contribution < 1.29 is 19.0 Å². The molecule has 0 saturated heterocycles. The second-order valence-electron chi connectivity index (χ2n) is 9.33. The average Bonchev–Trinajstić information content (AvgIpc) is 2.81. The predicted molar refractivity (Wildman–Crippen MR) is 141 cm³/mol. The van der Waals surface area contributed by atoms with E-state index < -0.39 is 0 Å². The Labute approximate surface area is 205 Å². The van der Waals surface area contributed by atoms with Crippen molar-refractivity contribution in [1.82, 2.24) is 0 Å². The summed E-state index contributed by atoms with van der Waals surface area (Å²) >= 11 is 0. The fraction of sp³-hybridized carbons (Fsp3) is 0.433. The molecule has 0 radical (unpaired) electrons. The molecule has 0 heterocycles. The zero-order valence-electron chi connectivity index (χ0n) is 21.5. The first-order valence-electron chi connectivity index (χ1n) is 12.3. The van der Waals surface area contributed by atoms with Crippen LogP contribution in [0.1, 0.15) is 81.8 Å². The molecule has 0 N–H and O–H groups in total. The van der Waals surface area contributed by atoms with Crippen molar-refractivity contribution in [2.75, 3.05) is 19.8 Å². The number of benzene rings is 2.